The third-order valence-electron chi connectivity index (χ3n) is 3.29. The van der Waals surface area contributed by atoms with E-state index < -0.39 is 23.4 Å². The van der Waals surface area contributed by atoms with E-state index in [1.165, 1.54) is 4.90 Å². The number of ether oxygens (including phenoxy) is 1. The van der Waals surface area contributed by atoms with Gasteiger partial charge < -0.3 is 9.64 Å². The molecule has 1 aliphatic heterocycles. The minimum Gasteiger partial charge on any atom is -0.381 e. The van der Waals surface area contributed by atoms with Gasteiger partial charge in [-0.2, -0.15) is 0 Å². The standard InChI is InChI=1S/C13H14F3NO2/c1-17(9-2-4-19-5-3-9)13(18)8-6-10(14)12(16)11(15)7-8/h6-7,9H,2-5H2,1H3. The molecule has 104 valence electrons. The summed E-state index contributed by atoms with van der Waals surface area (Å²) < 4.78 is 44.2. The highest BCUT2D eigenvalue weighted by atomic mass is 19.2. The van der Waals surface area contributed by atoms with Gasteiger partial charge in [0.1, 0.15) is 0 Å². The Morgan fingerprint density at radius 2 is 1.74 bits per heavy atom. The molecule has 6 heteroatoms. The van der Waals surface area contributed by atoms with Gasteiger partial charge in [0.25, 0.3) is 5.91 Å². The topological polar surface area (TPSA) is 29.5 Å². The summed E-state index contributed by atoms with van der Waals surface area (Å²) in [6, 6.07) is 1.41. The van der Waals surface area contributed by atoms with E-state index in [2.05, 4.69) is 0 Å². The van der Waals surface area contributed by atoms with Gasteiger partial charge in [-0.05, 0) is 25.0 Å². The van der Waals surface area contributed by atoms with Crippen LogP contribution in [0.1, 0.15) is 23.2 Å². The van der Waals surface area contributed by atoms with E-state index in [9.17, 15) is 18.0 Å². The minimum absolute atomic E-state index is 0.0302. The van der Waals surface area contributed by atoms with E-state index in [-0.39, 0.29) is 11.6 Å². The largest absolute Gasteiger partial charge is 0.381 e. The maximum atomic E-state index is 13.1. The van der Waals surface area contributed by atoms with Crippen molar-refractivity contribution < 1.29 is 22.7 Å². The summed E-state index contributed by atoms with van der Waals surface area (Å²) in [7, 11) is 1.57. The van der Waals surface area contributed by atoms with E-state index in [0.29, 0.717) is 26.1 Å². The van der Waals surface area contributed by atoms with Gasteiger partial charge in [-0.15, -0.1) is 0 Å². The maximum absolute atomic E-state index is 13.1. The molecule has 1 fully saturated rings. The number of benzene rings is 1. The normalized spacial score (nSPS) is 16.4. The van der Waals surface area contributed by atoms with Crippen molar-refractivity contribution in [2.45, 2.75) is 18.9 Å². The van der Waals surface area contributed by atoms with E-state index in [1.807, 2.05) is 0 Å². The molecule has 1 heterocycles. The molecule has 1 saturated heterocycles. The van der Waals surface area contributed by atoms with Crippen LogP contribution >= 0.6 is 0 Å². The van der Waals surface area contributed by atoms with Crippen molar-refractivity contribution in [2.75, 3.05) is 20.3 Å². The Labute approximate surface area is 109 Å². The van der Waals surface area contributed by atoms with Crippen molar-refractivity contribution in [1.29, 1.82) is 0 Å². The van der Waals surface area contributed by atoms with Gasteiger partial charge in [-0.3, -0.25) is 4.79 Å². The molecule has 0 spiro atoms. The lowest BCUT2D eigenvalue weighted by Crippen LogP contribution is -2.40. The summed E-state index contributed by atoms with van der Waals surface area (Å²) in [6.07, 6.45) is 1.35. The Kier molecular flexibility index (Phi) is 4.09. The van der Waals surface area contributed by atoms with Crippen LogP contribution in [-0.2, 0) is 4.74 Å². The Morgan fingerprint density at radius 3 is 2.26 bits per heavy atom. The van der Waals surface area contributed by atoms with Crippen LogP contribution in [-0.4, -0.2) is 37.1 Å². The van der Waals surface area contributed by atoms with Crippen molar-refractivity contribution in [3.63, 3.8) is 0 Å². The van der Waals surface area contributed by atoms with Gasteiger partial charge in [0.2, 0.25) is 0 Å². The first kappa shape index (κ1) is 13.9. The SMILES string of the molecule is CN(C(=O)c1cc(F)c(F)c(F)c1)C1CCOCC1. The fourth-order valence-electron chi connectivity index (χ4n) is 2.12. The summed E-state index contributed by atoms with van der Waals surface area (Å²) in [4.78, 5) is 13.5. The molecule has 0 atom stereocenters. The molecule has 1 aromatic carbocycles. The predicted molar refractivity (Wildman–Crippen MR) is 62.3 cm³/mol. The number of carbonyl (C=O) groups excluding carboxylic acids is 1. The van der Waals surface area contributed by atoms with Crippen LogP contribution in [0, 0.1) is 17.5 Å². The Morgan fingerprint density at radius 1 is 1.21 bits per heavy atom. The highest BCUT2D eigenvalue weighted by Gasteiger charge is 2.25. The molecule has 0 N–H and O–H groups in total. The van der Waals surface area contributed by atoms with Crippen LogP contribution in [0.25, 0.3) is 0 Å². The van der Waals surface area contributed by atoms with E-state index in [0.717, 1.165) is 12.1 Å². The summed E-state index contributed by atoms with van der Waals surface area (Å²) in [6.45, 7) is 1.10. The highest BCUT2D eigenvalue weighted by Crippen LogP contribution is 2.18. The number of carbonyl (C=O) groups is 1. The second-order valence-corrected chi connectivity index (χ2v) is 4.51. The van der Waals surface area contributed by atoms with Gasteiger partial charge >= 0.3 is 0 Å². The average Bonchev–Trinajstić information content (AvgIpc) is 2.43. The lowest BCUT2D eigenvalue weighted by Gasteiger charge is -2.31. The molecule has 0 unspecified atom stereocenters. The Hall–Kier alpha value is -1.56. The molecule has 0 aliphatic carbocycles. The fourth-order valence-corrected chi connectivity index (χ4v) is 2.12. The van der Waals surface area contributed by atoms with Crippen LogP contribution in [0.2, 0.25) is 0 Å². The smallest absolute Gasteiger partial charge is 0.254 e. The number of hydrogen-bond donors (Lipinski definition) is 0. The van der Waals surface area contributed by atoms with Gasteiger partial charge in [0, 0.05) is 31.9 Å². The van der Waals surface area contributed by atoms with Crippen molar-refractivity contribution >= 4 is 5.91 Å². The summed E-state index contributed by atoms with van der Waals surface area (Å²) in [5, 5.41) is 0. The molecule has 0 aromatic heterocycles. The first-order valence-corrected chi connectivity index (χ1v) is 6.00. The molecule has 1 aromatic rings. The maximum Gasteiger partial charge on any atom is 0.254 e. The van der Waals surface area contributed by atoms with Crippen molar-refractivity contribution in [1.82, 2.24) is 4.90 Å². The molecular weight excluding hydrogens is 259 g/mol. The molecule has 1 amide bonds. The molecule has 0 saturated carbocycles. The summed E-state index contributed by atoms with van der Waals surface area (Å²) in [5.41, 5.74) is -0.189. The van der Waals surface area contributed by atoms with E-state index in [1.54, 1.807) is 7.05 Å². The summed E-state index contributed by atoms with van der Waals surface area (Å²) in [5.74, 6) is -4.80. The summed E-state index contributed by atoms with van der Waals surface area (Å²) >= 11 is 0. The zero-order chi connectivity index (χ0) is 14.0. The highest BCUT2D eigenvalue weighted by molar-refractivity contribution is 5.94. The first-order chi connectivity index (χ1) is 9.00. The second-order valence-electron chi connectivity index (χ2n) is 4.51. The molecule has 0 radical (unpaired) electrons. The van der Waals surface area contributed by atoms with Crippen molar-refractivity contribution in [3.8, 4) is 0 Å². The number of nitrogens with zero attached hydrogens (tertiary/aromatic N) is 1. The Bertz CT molecular complexity index is 464. The zero-order valence-corrected chi connectivity index (χ0v) is 10.5. The van der Waals surface area contributed by atoms with E-state index >= 15 is 0 Å². The molecule has 19 heavy (non-hydrogen) atoms. The number of amides is 1. The lowest BCUT2D eigenvalue weighted by atomic mass is 10.1. The first-order valence-electron chi connectivity index (χ1n) is 6.00. The molecule has 2 rings (SSSR count). The number of halogens is 3. The number of hydrogen-bond acceptors (Lipinski definition) is 2. The van der Waals surface area contributed by atoms with Gasteiger partial charge in [-0.1, -0.05) is 0 Å². The van der Waals surface area contributed by atoms with Crippen LogP contribution in [0.15, 0.2) is 12.1 Å². The number of rotatable bonds is 2. The van der Waals surface area contributed by atoms with Gasteiger partial charge in [0.15, 0.2) is 17.5 Å². The van der Waals surface area contributed by atoms with Crippen LogP contribution in [0.5, 0.6) is 0 Å². The molecule has 3 nitrogen and oxygen atoms in total. The van der Waals surface area contributed by atoms with Gasteiger partial charge in [-0.25, -0.2) is 13.2 Å². The minimum atomic E-state index is -1.56. The average molecular weight is 273 g/mol. The quantitative estimate of drug-likeness (QED) is 0.774. The molecular formula is C13H14F3NO2. The molecule has 1 aliphatic rings. The van der Waals surface area contributed by atoms with Crippen LogP contribution < -0.4 is 0 Å². The predicted octanol–water partition coefficient (Wildman–Crippen LogP) is 2.35. The lowest BCUT2D eigenvalue weighted by molar-refractivity contribution is 0.0361. The van der Waals surface area contributed by atoms with Crippen LogP contribution in [0.3, 0.4) is 0 Å². The fraction of sp³-hybridized carbons (Fsp3) is 0.462. The van der Waals surface area contributed by atoms with Gasteiger partial charge in [0.05, 0.1) is 0 Å². The Balaban J connectivity index is 2.18. The van der Waals surface area contributed by atoms with Crippen molar-refractivity contribution in [3.05, 3.63) is 35.1 Å². The van der Waals surface area contributed by atoms with E-state index in [4.69, 9.17) is 4.74 Å². The second kappa shape index (κ2) is 5.61. The van der Waals surface area contributed by atoms with Crippen molar-refractivity contribution in [2.24, 2.45) is 0 Å². The monoisotopic (exact) mass is 273 g/mol. The molecule has 0 bridgehead atoms. The third kappa shape index (κ3) is 2.89. The zero-order valence-electron chi connectivity index (χ0n) is 10.5. The third-order valence-corrected chi connectivity index (χ3v) is 3.29. The van der Waals surface area contributed by atoms with Crippen LogP contribution in [0.4, 0.5) is 13.2 Å².